The Morgan fingerprint density at radius 3 is 1.56 bits per heavy atom. The molecule has 0 rings (SSSR count). The van der Waals surface area contributed by atoms with Crippen LogP contribution < -0.4 is 0 Å². The zero-order chi connectivity index (χ0) is 11.9. The molecule has 0 N–H and O–H groups in total. The van der Waals surface area contributed by atoms with E-state index in [1.807, 2.05) is 0 Å². The molecule has 0 aliphatic heterocycles. The van der Waals surface area contributed by atoms with Crippen LogP contribution in [-0.4, -0.2) is 0 Å². The van der Waals surface area contributed by atoms with Crippen molar-refractivity contribution in [1.29, 1.82) is 0 Å². The van der Waals surface area contributed by atoms with Crippen LogP contribution in [0.1, 0.15) is 77.0 Å². The van der Waals surface area contributed by atoms with E-state index < -0.39 is 0 Å². The van der Waals surface area contributed by atoms with Gasteiger partial charge >= 0.3 is 0 Å². The van der Waals surface area contributed by atoms with Gasteiger partial charge < -0.3 is 0 Å². The molecule has 0 spiro atoms. The maximum atomic E-state index is 3.87. The molecule has 2 radical (unpaired) electrons. The maximum absolute atomic E-state index is 3.87. The predicted octanol–water partition coefficient (Wildman–Crippen LogP) is 5.89. The van der Waals surface area contributed by atoms with Gasteiger partial charge in [-0.15, -0.1) is 0 Å². The SMILES string of the molecule is [CH2]C/C=C/CCCCCCCCCCC[CH2]. The van der Waals surface area contributed by atoms with Crippen molar-refractivity contribution >= 4 is 0 Å². The fourth-order valence-corrected chi connectivity index (χ4v) is 1.91. The molecule has 0 aromatic rings. The first kappa shape index (κ1) is 15.7. The molecule has 0 heterocycles. The molecule has 0 heteroatoms. The van der Waals surface area contributed by atoms with Crippen LogP contribution in [0.4, 0.5) is 0 Å². The van der Waals surface area contributed by atoms with Crippen LogP contribution in [0.2, 0.25) is 0 Å². The number of unbranched alkanes of at least 4 members (excludes halogenated alkanes) is 10. The van der Waals surface area contributed by atoms with Crippen molar-refractivity contribution in [2.45, 2.75) is 77.0 Å². The van der Waals surface area contributed by atoms with Gasteiger partial charge in [0.15, 0.2) is 0 Å². The van der Waals surface area contributed by atoms with Crippen molar-refractivity contribution in [2.24, 2.45) is 0 Å². The van der Waals surface area contributed by atoms with Crippen LogP contribution in [0.3, 0.4) is 0 Å². The molecule has 0 atom stereocenters. The third-order valence-corrected chi connectivity index (χ3v) is 2.95. The van der Waals surface area contributed by atoms with Gasteiger partial charge in [0, 0.05) is 0 Å². The molecule has 0 fully saturated rings. The van der Waals surface area contributed by atoms with E-state index in [0.29, 0.717) is 0 Å². The molecular formula is C16H30. The maximum Gasteiger partial charge on any atom is -0.0351 e. The zero-order valence-electron chi connectivity index (χ0n) is 11.1. The highest BCUT2D eigenvalue weighted by Crippen LogP contribution is 2.11. The first-order chi connectivity index (χ1) is 7.91. The van der Waals surface area contributed by atoms with Crippen LogP contribution in [0.25, 0.3) is 0 Å². The van der Waals surface area contributed by atoms with Crippen molar-refractivity contribution in [3.8, 4) is 0 Å². The molecule has 94 valence electrons. The van der Waals surface area contributed by atoms with Crippen LogP contribution >= 0.6 is 0 Å². The fourth-order valence-electron chi connectivity index (χ4n) is 1.91. The summed E-state index contributed by atoms with van der Waals surface area (Å²) < 4.78 is 0. The smallest absolute Gasteiger partial charge is 0.0351 e. The molecule has 0 aromatic carbocycles. The summed E-state index contributed by atoms with van der Waals surface area (Å²) >= 11 is 0. The predicted molar refractivity (Wildman–Crippen MR) is 75.3 cm³/mol. The van der Waals surface area contributed by atoms with Crippen LogP contribution in [0, 0.1) is 13.8 Å². The lowest BCUT2D eigenvalue weighted by Gasteiger charge is -2.01. The Kier molecular flexibility index (Phi) is 14.5. The summed E-state index contributed by atoms with van der Waals surface area (Å²) in [7, 11) is 0. The molecule has 0 saturated heterocycles. The van der Waals surface area contributed by atoms with Crippen LogP contribution in [0.15, 0.2) is 12.2 Å². The third-order valence-electron chi connectivity index (χ3n) is 2.95. The molecular weight excluding hydrogens is 192 g/mol. The molecule has 0 bridgehead atoms. The summed E-state index contributed by atoms with van der Waals surface area (Å²) in [5, 5.41) is 0. The Balaban J connectivity index is 2.90. The highest BCUT2D eigenvalue weighted by atomic mass is 14.0. The summed E-state index contributed by atoms with van der Waals surface area (Å²) in [6.07, 6.45) is 20.4. The van der Waals surface area contributed by atoms with E-state index in [4.69, 9.17) is 0 Å². The van der Waals surface area contributed by atoms with Gasteiger partial charge in [0.05, 0.1) is 0 Å². The average Bonchev–Trinajstić information content (AvgIpc) is 2.31. The Bertz CT molecular complexity index is 135. The Morgan fingerprint density at radius 2 is 1.06 bits per heavy atom. The second-order valence-corrected chi connectivity index (χ2v) is 4.58. The van der Waals surface area contributed by atoms with Crippen LogP contribution in [-0.2, 0) is 0 Å². The van der Waals surface area contributed by atoms with Crippen molar-refractivity contribution in [2.75, 3.05) is 0 Å². The van der Waals surface area contributed by atoms with E-state index in [-0.39, 0.29) is 0 Å². The third kappa shape index (κ3) is 13.7. The number of hydrogen-bond donors (Lipinski definition) is 0. The normalized spacial score (nSPS) is 11.4. The number of allylic oxidation sites excluding steroid dienone is 2. The average molecular weight is 222 g/mol. The van der Waals surface area contributed by atoms with Gasteiger partial charge in [0.25, 0.3) is 0 Å². The second kappa shape index (κ2) is 14.7. The largest absolute Gasteiger partial charge is 0.0885 e. The highest BCUT2D eigenvalue weighted by Gasteiger charge is 1.91. The van der Waals surface area contributed by atoms with E-state index in [1.165, 1.54) is 64.2 Å². The number of hydrogen-bond acceptors (Lipinski definition) is 0. The molecule has 16 heavy (non-hydrogen) atoms. The standard InChI is InChI=1S/C16H30/c1-3-5-7-9-11-13-15-16-14-12-10-8-6-4-2/h5,7H,1-4,6,8-16H2/b7-5+. The van der Waals surface area contributed by atoms with Gasteiger partial charge in [-0.05, 0) is 26.2 Å². The van der Waals surface area contributed by atoms with Gasteiger partial charge in [0.1, 0.15) is 0 Å². The van der Waals surface area contributed by atoms with Crippen molar-refractivity contribution in [3.63, 3.8) is 0 Å². The van der Waals surface area contributed by atoms with Gasteiger partial charge in [-0.25, -0.2) is 0 Å². The Labute approximate surface area is 104 Å². The van der Waals surface area contributed by atoms with E-state index in [9.17, 15) is 0 Å². The summed E-state index contributed by atoms with van der Waals surface area (Å²) in [5.74, 6) is 0. The van der Waals surface area contributed by atoms with Gasteiger partial charge in [-0.3, -0.25) is 0 Å². The summed E-state index contributed by atoms with van der Waals surface area (Å²) in [6, 6.07) is 0. The number of rotatable bonds is 12. The molecule has 0 aliphatic rings. The van der Waals surface area contributed by atoms with Gasteiger partial charge in [-0.1, -0.05) is 76.9 Å². The van der Waals surface area contributed by atoms with E-state index >= 15 is 0 Å². The van der Waals surface area contributed by atoms with Gasteiger partial charge in [-0.2, -0.15) is 0 Å². The molecule has 0 amide bonds. The van der Waals surface area contributed by atoms with Gasteiger partial charge in [0.2, 0.25) is 0 Å². The van der Waals surface area contributed by atoms with Crippen LogP contribution in [0.5, 0.6) is 0 Å². The summed E-state index contributed by atoms with van der Waals surface area (Å²) in [5.41, 5.74) is 0. The van der Waals surface area contributed by atoms with E-state index in [1.54, 1.807) is 0 Å². The second-order valence-electron chi connectivity index (χ2n) is 4.58. The minimum Gasteiger partial charge on any atom is -0.0885 e. The zero-order valence-corrected chi connectivity index (χ0v) is 11.1. The van der Waals surface area contributed by atoms with Crippen molar-refractivity contribution in [1.82, 2.24) is 0 Å². The molecule has 0 aromatic heterocycles. The summed E-state index contributed by atoms with van der Waals surface area (Å²) in [6.45, 7) is 7.65. The lowest BCUT2D eigenvalue weighted by Crippen LogP contribution is -1.81. The minimum atomic E-state index is 0.938. The highest BCUT2D eigenvalue weighted by molar-refractivity contribution is 4.81. The van der Waals surface area contributed by atoms with Crippen molar-refractivity contribution < 1.29 is 0 Å². The topological polar surface area (TPSA) is 0 Å². The lowest BCUT2D eigenvalue weighted by atomic mass is 10.1. The Hall–Kier alpha value is -0.260. The van der Waals surface area contributed by atoms with Crippen molar-refractivity contribution in [3.05, 3.63) is 26.0 Å². The molecule has 0 aliphatic carbocycles. The first-order valence-corrected chi connectivity index (χ1v) is 7.15. The Morgan fingerprint density at radius 1 is 0.562 bits per heavy atom. The summed E-state index contributed by atoms with van der Waals surface area (Å²) in [4.78, 5) is 0. The lowest BCUT2D eigenvalue weighted by molar-refractivity contribution is 0.561. The quantitative estimate of drug-likeness (QED) is 0.285. The minimum absolute atomic E-state index is 0.938. The van der Waals surface area contributed by atoms with E-state index in [2.05, 4.69) is 26.0 Å². The fraction of sp³-hybridized carbons (Fsp3) is 0.750. The van der Waals surface area contributed by atoms with E-state index in [0.717, 1.165) is 12.8 Å². The molecule has 0 unspecified atom stereocenters. The molecule has 0 saturated carbocycles. The first-order valence-electron chi connectivity index (χ1n) is 7.15. The monoisotopic (exact) mass is 222 g/mol. The molecule has 0 nitrogen and oxygen atoms in total.